The summed E-state index contributed by atoms with van der Waals surface area (Å²) < 4.78 is 0. The highest BCUT2D eigenvalue weighted by atomic mass is 16.3. The summed E-state index contributed by atoms with van der Waals surface area (Å²) in [5.74, 6) is 0.196. The molecule has 2 atom stereocenters. The van der Waals surface area contributed by atoms with Gasteiger partial charge in [0.05, 0.1) is 0 Å². The number of likely N-dealkylation sites (tertiary alicyclic amines) is 1. The van der Waals surface area contributed by atoms with Gasteiger partial charge in [0.2, 0.25) is 0 Å². The number of aliphatic hydroxyl groups is 1. The first-order chi connectivity index (χ1) is 12.3. The average molecular weight is 345 g/mol. The molecule has 25 heavy (non-hydrogen) atoms. The molecule has 138 valence electrons. The van der Waals surface area contributed by atoms with Crippen LogP contribution < -0.4 is 10.6 Å². The summed E-state index contributed by atoms with van der Waals surface area (Å²) in [6, 6.07) is 8.34. The molecule has 0 bridgehead atoms. The van der Waals surface area contributed by atoms with Gasteiger partial charge in [-0.2, -0.15) is 0 Å². The third kappa shape index (κ3) is 5.19. The van der Waals surface area contributed by atoms with Crippen molar-refractivity contribution in [3.63, 3.8) is 0 Å². The molecule has 1 aromatic carbocycles. The van der Waals surface area contributed by atoms with E-state index in [-0.39, 0.29) is 24.6 Å². The molecule has 1 aromatic rings. The van der Waals surface area contributed by atoms with E-state index in [4.69, 9.17) is 0 Å². The fourth-order valence-electron chi connectivity index (χ4n) is 4.08. The Morgan fingerprint density at radius 1 is 1.08 bits per heavy atom. The minimum atomic E-state index is -0.124. The Labute approximate surface area is 150 Å². The molecule has 5 nitrogen and oxygen atoms in total. The van der Waals surface area contributed by atoms with E-state index < -0.39 is 0 Å². The number of amides is 2. The van der Waals surface area contributed by atoms with Crippen LogP contribution in [0, 0.1) is 5.92 Å². The number of nitrogens with zero attached hydrogens (tertiary/aromatic N) is 1. The van der Waals surface area contributed by atoms with Crippen molar-refractivity contribution < 1.29 is 9.90 Å². The van der Waals surface area contributed by atoms with Crippen molar-refractivity contribution in [2.24, 2.45) is 5.92 Å². The molecule has 2 fully saturated rings. The zero-order valence-electron chi connectivity index (χ0n) is 15.0. The Balaban J connectivity index is 1.51. The molecule has 2 aliphatic rings. The van der Waals surface area contributed by atoms with Crippen molar-refractivity contribution in [1.29, 1.82) is 0 Å². The molecule has 1 heterocycles. The molecule has 0 radical (unpaired) electrons. The molecule has 5 heteroatoms. The predicted octanol–water partition coefficient (Wildman–Crippen LogP) is 2.63. The van der Waals surface area contributed by atoms with E-state index in [9.17, 15) is 9.90 Å². The third-order valence-corrected chi connectivity index (χ3v) is 5.61. The van der Waals surface area contributed by atoms with Gasteiger partial charge in [-0.3, -0.25) is 4.90 Å². The van der Waals surface area contributed by atoms with E-state index in [1.807, 2.05) is 6.07 Å². The van der Waals surface area contributed by atoms with Crippen LogP contribution in [-0.4, -0.2) is 41.8 Å². The van der Waals surface area contributed by atoms with Crippen LogP contribution in [0.15, 0.2) is 24.3 Å². The number of carbonyl (C=O) groups is 1. The minimum Gasteiger partial charge on any atom is -0.396 e. The molecular weight excluding hydrogens is 314 g/mol. The highest BCUT2D eigenvalue weighted by Crippen LogP contribution is 2.24. The number of hydrogen-bond acceptors (Lipinski definition) is 3. The molecule has 0 unspecified atom stereocenters. The highest BCUT2D eigenvalue weighted by Gasteiger charge is 2.25. The van der Waals surface area contributed by atoms with E-state index in [0.717, 1.165) is 32.2 Å². The number of urea groups is 1. The lowest BCUT2D eigenvalue weighted by molar-refractivity contribution is 0.153. The third-order valence-electron chi connectivity index (χ3n) is 5.61. The second kappa shape index (κ2) is 9.20. The predicted molar refractivity (Wildman–Crippen MR) is 99.2 cm³/mol. The maximum absolute atomic E-state index is 12.3. The fourth-order valence-corrected chi connectivity index (χ4v) is 4.08. The Bertz CT molecular complexity index is 558. The van der Waals surface area contributed by atoms with Gasteiger partial charge < -0.3 is 15.7 Å². The molecule has 1 saturated heterocycles. The SMILES string of the molecule is O=C(NCc1ccccc1CN1CCCC1)N[C@H]1CCCC[C@H]1CO. The van der Waals surface area contributed by atoms with Crippen molar-refractivity contribution in [2.75, 3.05) is 19.7 Å². The van der Waals surface area contributed by atoms with Crippen LogP contribution in [0.1, 0.15) is 49.7 Å². The van der Waals surface area contributed by atoms with E-state index in [1.165, 1.54) is 37.1 Å². The number of benzene rings is 1. The summed E-state index contributed by atoms with van der Waals surface area (Å²) in [7, 11) is 0. The molecule has 1 aliphatic carbocycles. The van der Waals surface area contributed by atoms with Gasteiger partial charge in [0.1, 0.15) is 0 Å². The lowest BCUT2D eigenvalue weighted by Crippen LogP contribution is -2.47. The lowest BCUT2D eigenvalue weighted by Gasteiger charge is -2.30. The zero-order valence-corrected chi connectivity index (χ0v) is 15.0. The van der Waals surface area contributed by atoms with Crippen molar-refractivity contribution in [3.8, 4) is 0 Å². The summed E-state index contributed by atoms with van der Waals surface area (Å²) >= 11 is 0. The Hall–Kier alpha value is -1.59. The van der Waals surface area contributed by atoms with Crippen LogP contribution in [-0.2, 0) is 13.1 Å². The lowest BCUT2D eigenvalue weighted by atomic mass is 9.85. The molecule has 3 rings (SSSR count). The van der Waals surface area contributed by atoms with Crippen LogP contribution in [0.4, 0.5) is 4.79 Å². The normalized spacial score (nSPS) is 24.2. The maximum atomic E-state index is 12.3. The summed E-state index contributed by atoms with van der Waals surface area (Å²) in [6.45, 7) is 4.02. The largest absolute Gasteiger partial charge is 0.396 e. The van der Waals surface area contributed by atoms with Crippen LogP contribution in [0.2, 0.25) is 0 Å². The highest BCUT2D eigenvalue weighted by molar-refractivity contribution is 5.74. The first kappa shape index (κ1) is 18.2. The van der Waals surface area contributed by atoms with Crippen LogP contribution in [0.25, 0.3) is 0 Å². The average Bonchev–Trinajstić information content (AvgIpc) is 3.14. The molecule has 0 aromatic heterocycles. The van der Waals surface area contributed by atoms with Gasteiger partial charge in [-0.1, -0.05) is 37.1 Å². The van der Waals surface area contributed by atoms with Gasteiger partial charge >= 0.3 is 6.03 Å². The quantitative estimate of drug-likeness (QED) is 0.743. The van der Waals surface area contributed by atoms with Gasteiger partial charge in [0.25, 0.3) is 0 Å². The van der Waals surface area contributed by atoms with Gasteiger partial charge in [0, 0.05) is 31.7 Å². The van der Waals surface area contributed by atoms with Gasteiger partial charge in [-0.25, -0.2) is 4.79 Å². The monoisotopic (exact) mass is 345 g/mol. The summed E-state index contributed by atoms with van der Waals surface area (Å²) in [5, 5.41) is 15.5. The van der Waals surface area contributed by atoms with Crippen LogP contribution in [0.3, 0.4) is 0 Å². The van der Waals surface area contributed by atoms with E-state index >= 15 is 0 Å². The number of nitrogens with one attached hydrogen (secondary N) is 2. The number of aliphatic hydroxyl groups excluding tert-OH is 1. The van der Waals surface area contributed by atoms with Gasteiger partial charge in [-0.05, 0) is 49.9 Å². The Morgan fingerprint density at radius 2 is 1.80 bits per heavy atom. The molecule has 1 aliphatic heterocycles. The zero-order chi connectivity index (χ0) is 17.5. The number of hydrogen-bond donors (Lipinski definition) is 3. The smallest absolute Gasteiger partial charge is 0.315 e. The van der Waals surface area contributed by atoms with Crippen molar-refractivity contribution in [2.45, 2.75) is 57.7 Å². The number of rotatable bonds is 6. The second-order valence-corrected chi connectivity index (χ2v) is 7.41. The topological polar surface area (TPSA) is 64.6 Å². The summed E-state index contributed by atoms with van der Waals surface area (Å²) in [5.41, 5.74) is 2.49. The molecule has 1 saturated carbocycles. The van der Waals surface area contributed by atoms with E-state index in [2.05, 4.69) is 33.7 Å². The first-order valence-electron chi connectivity index (χ1n) is 9.70. The van der Waals surface area contributed by atoms with Gasteiger partial charge in [-0.15, -0.1) is 0 Å². The second-order valence-electron chi connectivity index (χ2n) is 7.41. The van der Waals surface area contributed by atoms with Crippen LogP contribution in [0.5, 0.6) is 0 Å². The Kier molecular flexibility index (Phi) is 6.70. The molecular formula is C20H31N3O2. The first-order valence-corrected chi connectivity index (χ1v) is 9.70. The molecule has 3 N–H and O–H groups in total. The van der Waals surface area contributed by atoms with Crippen molar-refractivity contribution in [3.05, 3.63) is 35.4 Å². The standard InChI is InChI=1S/C20H31N3O2/c24-15-18-9-3-4-10-19(18)22-20(25)21-13-16-7-1-2-8-17(16)14-23-11-5-6-12-23/h1-2,7-8,18-19,24H,3-6,9-15H2,(H2,21,22,25)/t18-,19-/m0/s1. The summed E-state index contributed by atoms with van der Waals surface area (Å²) in [6.07, 6.45) is 6.81. The summed E-state index contributed by atoms with van der Waals surface area (Å²) in [4.78, 5) is 14.8. The molecule has 2 amide bonds. The van der Waals surface area contributed by atoms with E-state index in [0.29, 0.717) is 6.54 Å². The van der Waals surface area contributed by atoms with E-state index in [1.54, 1.807) is 0 Å². The fraction of sp³-hybridized carbons (Fsp3) is 0.650. The number of carbonyl (C=O) groups excluding carboxylic acids is 1. The van der Waals surface area contributed by atoms with Crippen molar-refractivity contribution in [1.82, 2.24) is 15.5 Å². The Morgan fingerprint density at radius 3 is 2.56 bits per heavy atom. The maximum Gasteiger partial charge on any atom is 0.315 e. The van der Waals surface area contributed by atoms with Crippen LogP contribution >= 0.6 is 0 Å². The van der Waals surface area contributed by atoms with Gasteiger partial charge in [0.15, 0.2) is 0 Å². The molecule has 0 spiro atoms. The minimum absolute atomic E-state index is 0.0959. The van der Waals surface area contributed by atoms with Crippen molar-refractivity contribution >= 4 is 6.03 Å².